The van der Waals surface area contributed by atoms with Crippen LogP contribution in [0.15, 0.2) is 6.07 Å². The predicted molar refractivity (Wildman–Crippen MR) is 90.6 cm³/mol. The largest absolute Gasteiger partial charge is 0.371 e. The van der Waals surface area contributed by atoms with Crippen molar-refractivity contribution in [3.8, 4) is 0 Å². The van der Waals surface area contributed by atoms with Gasteiger partial charge in [-0.25, -0.2) is 0 Å². The maximum Gasteiger partial charge on any atom is 0.0448 e. The number of pyridine rings is 1. The summed E-state index contributed by atoms with van der Waals surface area (Å²) in [5, 5.41) is 0. The third-order valence-electron chi connectivity index (χ3n) is 4.93. The van der Waals surface area contributed by atoms with Crippen molar-refractivity contribution in [1.29, 1.82) is 0 Å². The van der Waals surface area contributed by atoms with Gasteiger partial charge in [-0.1, -0.05) is 20.8 Å². The Balaban J connectivity index is 2.23. The first-order chi connectivity index (χ1) is 9.82. The Morgan fingerprint density at radius 2 is 1.95 bits per heavy atom. The monoisotopic (exact) mass is 289 g/mol. The number of anilines is 1. The van der Waals surface area contributed by atoms with Gasteiger partial charge in [-0.2, -0.15) is 0 Å². The number of aryl methyl sites for hydroxylation is 2. The van der Waals surface area contributed by atoms with Crippen LogP contribution in [-0.2, 0) is 6.54 Å². The lowest BCUT2D eigenvalue weighted by Gasteiger charge is -2.30. The molecule has 3 heteroatoms. The van der Waals surface area contributed by atoms with Crippen molar-refractivity contribution in [1.82, 2.24) is 4.98 Å². The fourth-order valence-electron chi connectivity index (χ4n) is 3.57. The van der Waals surface area contributed by atoms with Crippen LogP contribution in [0.4, 0.5) is 5.69 Å². The van der Waals surface area contributed by atoms with Gasteiger partial charge >= 0.3 is 0 Å². The van der Waals surface area contributed by atoms with E-state index in [-0.39, 0.29) is 0 Å². The third-order valence-corrected chi connectivity index (χ3v) is 4.93. The van der Waals surface area contributed by atoms with Crippen LogP contribution >= 0.6 is 0 Å². The van der Waals surface area contributed by atoms with E-state index in [9.17, 15) is 0 Å². The van der Waals surface area contributed by atoms with Crippen molar-refractivity contribution in [2.75, 3.05) is 18.0 Å². The topological polar surface area (TPSA) is 42.1 Å². The summed E-state index contributed by atoms with van der Waals surface area (Å²) in [6.07, 6.45) is 3.88. The van der Waals surface area contributed by atoms with E-state index < -0.39 is 0 Å². The SMILES string of the molecule is Cc1cc(N2CCCC(C(C)(C)C)CC2)c(CN)c(C)n1. The highest BCUT2D eigenvalue weighted by Crippen LogP contribution is 2.36. The van der Waals surface area contributed by atoms with E-state index in [2.05, 4.69) is 50.6 Å². The van der Waals surface area contributed by atoms with Crippen LogP contribution in [0.3, 0.4) is 0 Å². The molecule has 3 nitrogen and oxygen atoms in total. The van der Waals surface area contributed by atoms with E-state index in [4.69, 9.17) is 5.73 Å². The summed E-state index contributed by atoms with van der Waals surface area (Å²) in [5.41, 5.74) is 11.1. The highest BCUT2D eigenvalue weighted by atomic mass is 15.1. The van der Waals surface area contributed by atoms with Crippen molar-refractivity contribution in [2.45, 2.75) is 60.4 Å². The third kappa shape index (κ3) is 3.76. The lowest BCUT2D eigenvalue weighted by molar-refractivity contribution is 0.220. The second kappa shape index (κ2) is 6.35. The quantitative estimate of drug-likeness (QED) is 0.900. The molecule has 1 aromatic heterocycles. The molecule has 1 aromatic rings. The molecule has 0 radical (unpaired) electrons. The molecule has 1 aliphatic rings. The van der Waals surface area contributed by atoms with Crippen LogP contribution in [-0.4, -0.2) is 18.1 Å². The van der Waals surface area contributed by atoms with Crippen LogP contribution in [0.2, 0.25) is 0 Å². The molecular weight excluding hydrogens is 258 g/mol. The molecule has 118 valence electrons. The molecule has 2 rings (SSSR count). The van der Waals surface area contributed by atoms with Crippen molar-refractivity contribution >= 4 is 5.69 Å². The Morgan fingerprint density at radius 1 is 1.24 bits per heavy atom. The number of nitrogens with two attached hydrogens (primary N) is 1. The highest BCUT2D eigenvalue weighted by Gasteiger charge is 2.27. The maximum absolute atomic E-state index is 5.98. The summed E-state index contributed by atoms with van der Waals surface area (Å²) in [4.78, 5) is 7.11. The van der Waals surface area contributed by atoms with Gasteiger partial charge in [0.2, 0.25) is 0 Å². The van der Waals surface area contributed by atoms with Gasteiger partial charge in [0.25, 0.3) is 0 Å². The Bertz CT molecular complexity index is 488. The molecule has 2 N–H and O–H groups in total. The first-order valence-electron chi connectivity index (χ1n) is 8.25. The van der Waals surface area contributed by atoms with Gasteiger partial charge in [0.1, 0.15) is 0 Å². The Kier molecular flexibility index (Phi) is 4.92. The zero-order chi connectivity index (χ0) is 15.6. The number of hydrogen-bond acceptors (Lipinski definition) is 3. The van der Waals surface area contributed by atoms with Gasteiger partial charge in [-0.3, -0.25) is 4.98 Å². The van der Waals surface area contributed by atoms with Crippen molar-refractivity contribution in [3.05, 3.63) is 23.0 Å². The molecule has 0 aliphatic carbocycles. The van der Waals surface area contributed by atoms with E-state index in [0.717, 1.165) is 30.4 Å². The normalized spacial score (nSPS) is 20.5. The zero-order valence-corrected chi connectivity index (χ0v) is 14.4. The van der Waals surface area contributed by atoms with Gasteiger partial charge in [-0.05, 0) is 50.5 Å². The molecular formula is C18H31N3. The summed E-state index contributed by atoms with van der Waals surface area (Å²) >= 11 is 0. The molecule has 0 saturated carbocycles. The molecule has 1 saturated heterocycles. The first kappa shape index (κ1) is 16.3. The van der Waals surface area contributed by atoms with Crippen molar-refractivity contribution in [3.63, 3.8) is 0 Å². The standard InChI is InChI=1S/C18H31N3/c1-13-11-17(16(12-19)14(2)20-13)21-9-6-7-15(8-10-21)18(3,4)5/h11,15H,6-10,12,19H2,1-5H3. The molecule has 0 amide bonds. The first-order valence-corrected chi connectivity index (χ1v) is 8.25. The van der Waals surface area contributed by atoms with Gasteiger partial charge < -0.3 is 10.6 Å². The molecule has 21 heavy (non-hydrogen) atoms. The number of aromatic nitrogens is 1. The number of hydrogen-bond donors (Lipinski definition) is 1. The fraction of sp³-hybridized carbons (Fsp3) is 0.722. The van der Waals surface area contributed by atoms with Crippen LogP contribution < -0.4 is 10.6 Å². The van der Waals surface area contributed by atoms with Crippen LogP contribution in [0, 0.1) is 25.2 Å². The lowest BCUT2D eigenvalue weighted by Crippen LogP contribution is -2.28. The summed E-state index contributed by atoms with van der Waals surface area (Å²) in [5.74, 6) is 0.813. The van der Waals surface area contributed by atoms with Crippen LogP contribution in [0.25, 0.3) is 0 Å². The minimum atomic E-state index is 0.413. The molecule has 0 bridgehead atoms. The minimum absolute atomic E-state index is 0.413. The van der Waals surface area contributed by atoms with Crippen molar-refractivity contribution < 1.29 is 0 Å². The molecule has 1 fully saturated rings. The van der Waals surface area contributed by atoms with E-state index >= 15 is 0 Å². The van der Waals surface area contributed by atoms with Gasteiger partial charge in [0.15, 0.2) is 0 Å². The molecule has 2 heterocycles. The molecule has 1 atom stereocenters. The zero-order valence-electron chi connectivity index (χ0n) is 14.4. The summed E-state index contributed by atoms with van der Waals surface area (Å²) in [6, 6.07) is 2.21. The fourth-order valence-corrected chi connectivity index (χ4v) is 3.57. The molecule has 1 aliphatic heterocycles. The maximum atomic E-state index is 5.98. The van der Waals surface area contributed by atoms with Gasteiger partial charge in [0.05, 0.1) is 0 Å². The number of nitrogens with zero attached hydrogens (tertiary/aromatic N) is 2. The smallest absolute Gasteiger partial charge is 0.0448 e. The average molecular weight is 289 g/mol. The van der Waals surface area contributed by atoms with Crippen molar-refractivity contribution in [2.24, 2.45) is 17.1 Å². The van der Waals surface area contributed by atoms with E-state index in [1.165, 1.54) is 30.5 Å². The Hall–Kier alpha value is -1.09. The van der Waals surface area contributed by atoms with E-state index in [1.807, 2.05) is 0 Å². The Labute approximate surface area is 129 Å². The number of rotatable bonds is 2. The second-order valence-electron chi connectivity index (χ2n) is 7.53. The van der Waals surface area contributed by atoms with Gasteiger partial charge in [-0.15, -0.1) is 0 Å². The lowest BCUT2D eigenvalue weighted by atomic mass is 9.77. The predicted octanol–water partition coefficient (Wildman–Crippen LogP) is 3.81. The minimum Gasteiger partial charge on any atom is -0.371 e. The highest BCUT2D eigenvalue weighted by molar-refractivity contribution is 5.56. The molecule has 0 spiro atoms. The van der Waals surface area contributed by atoms with Gasteiger partial charge in [0, 0.05) is 42.3 Å². The van der Waals surface area contributed by atoms with Crippen LogP contribution in [0.5, 0.6) is 0 Å². The average Bonchev–Trinajstić information content (AvgIpc) is 2.63. The second-order valence-corrected chi connectivity index (χ2v) is 7.53. The summed E-state index contributed by atoms with van der Waals surface area (Å²) < 4.78 is 0. The molecule has 0 aromatic carbocycles. The summed E-state index contributed by atoms with van der Waals surface area (Å²) in [7, 11) is 0. The van der Waals surface area contributed by atoms with E-state index in [0.29, 0.717) is 12.0 Å². The summed E-state index contributed by atoms with van der Waals surface area (Å²) in [6.45, 7) is 14.1. The Morgan fingerprint density at radius 3 is 2.57 bits per heavy atom. The van der Waals surface area contributed by atoms with E-state index in [1.54, 1.807) is 0 Å². The van der Waals surface area contributed by atoms with Crippen LogP contribution in [0.1, 0.15) is 57.0 Å². The molecule has 1 unspecified atom stereocenters.